The smallest absolute Gasteiger partial charge is 0.157 e. The third kappa shape index (κ3) is 2.33. The summed E-state index contributed by atoms with van der Waals surface area (Å²) in [7, 11) is 0. The molecular weight excluding hydrogens is 214 g/mol. The molecule has 92 valence electrons. The molecule has 1 aromatic heterocycles. The zero-order valence-corrected chi connectivity index (χ0v) is 10.3. The molecule has 2 aliphatic rings. The molecule has 1 saturated carbocycles. The van der Waals surface area contributed by atoms with Crippen LogP contribution in [0.1, 0.15) is 43.0 Å². The maximum absolute atomic E-state index is 5.80. The topological polar surface area (TPSA) is 47.0 Å². The SMILES string of the molecule is CCOC(c1ncc2c(n1)CCNC2)C1CC1. The van der Waals surface area contributed by atoms with Crippen molar-refractivity contribution >= 4 is 0 Å². The first-order valence-corrected chi connectivity index (χ1v) is 6.55. The van der Waals surface area contributed by atoms with Gasteiger partial charge in [0.05, 0.1) is 0 Å². The molecule has 4 nitrogen and oxygen atoms in total. The van der Waals surface area contributed by atoms with Crippen molar-refractivity contribution in [1.82, 2.24) is 15.3 Å². The first-order valence-electron chi connectivity index (χ1n) is 6.55. The van der Waals surface area contributed by atoms with Gasteiger partial charge in [-0.1, -0.05) is 0 Å². The average molecular weight is 233 g/mol. The Morgan fingerprint density at radius 1 is 1.53 bits per heavy atom. The summed E-state index contributed by atoms with van der Waals surface area (Å²) in [5.74, 6) is 1.55. The average Bonchev–Trinajstić information content (AvgIpc) is 3.20. The molecule has 2 heterocycles. The number of aromatic nitrogens is 2. The maximum atomic E-state index is 5.80. The fraction of sp³-hybridized carbons (Fsp3) is 0.692. The van der Waals surface area contributed by atoms with E-state index >= 15 is 0 Å². The fourth-order valence-electron chi connectivity index (χ4n) is 2.39. The van der Waals surface area contributed by atoms with Crippen molar-refractivity contribution in [2.75, 3.05) is 13.2 Å². The van der Waals surface area contributed by atoms with E-state index in [9.17, 15) is 0 Å². The zero-order valence-electron chi connectivity index (χ0n) is 10.3. The van der Waals surface area contributed by atoms with Gasteiger partial charge in [-0.3, -0.25) is 0 Å². The van der Waals surface area contributed by atoms with Gasteiger partial charge in [0.15, 0.2) is 5.82 Å². The van der Waals surface area contributed by atoms with Crippen LogP contribution in [0.3, 0.4) is 0 Å². The molecule has 0 saturated heterocycles. The van der Waals surface area contributed by atoms with Gasteiger partial charge in [-0.15, -0.1) is 0 Å². The summed E-state index contributed by atoms with van der Waals surface area (Å²) >= 11 is 0. The number of fused-ring (bicyclic) bond motifs is 1. The molecule has 0 amide bonds. The van der Waals surface area contributed by atoms with Gasteiger partial charge in [-0.05, 0) is 25.7 Å². The third-order valence-electron chi connectivity index (χ3n) is 3.48. The van der Waals surface area contributed by atoms with Crippen molar-refractivity contribution in [3.05, 3.63) is 23.3 Å². The molecule has 4 heteroatoms. The lowest BCUT2D eigenvalue weighted by molar-refractivity contribution is 0.0398. The Labute approximate surface area is 102 Å². The standard InChI is InChI=1S/C13H19N3O/c1-2-17-12(9-3-4-9)13-15-8-10-7-14-6-5-11(10)16-13/h8-9,12,14H,2-7H2,1H3. The van der Waals surface area contributed by atoms with Crippen LogP contribution >= 0.6 is 0 Å². The number of hydrogen-bond acceptors (Lipinski definition) is 4. The first kappa shape index (κ1) is 11.1. The molecule has 1 aliphatic carbocycles. The van der Waals surface area contributed by atoms with Crippen molar-refractivity contribution in [3.63, 3.8) is 0 Å². The molecule has 0 radical (unpaired) electrons. The van der Waals surface area contributed by atoms with Gasteiger partial charge >= 0.3 is 0 Å². The Morgan fingerprint density at radius 3 is 3.18 bits per heavy atom. The second kappa shape index (κ2) is 4.70. The predicted molar refractivity (Wildman–Crippen MR) is 64.5 cm³/mol. The number of nitrogens with zero attached hydrogens (tertiary/aromatic N) is 2. The molecule has 1 aromatic rings. The molecular formula is C13H19N3O. The van der Waals surface area contributed by atoms with Crippen molar-refractivity contribution in [1.29, 1.82) is 0 Å². The van der Waals surface area contributed by atoms with Gasteiger partial charge in [0, 0.05) is 43.6 Å². The van der Waals surface area contributed by atoms with Crippen LogP contribution in [0, 0.1) is 5.92 Å². The van der Waals surface area contributed by atoms with E-state index in [1.165, 1.54) is 24.1 Å². The highest BCUT2D eigenvalue weighted by atomic mass is 16.5. The van der Waals surface area contributed by atoms with Crippen LogP contribution in [0.4, 0.5) is 0 Å². The molecule has 17 heavy (non-hydrogen) atoms. The monoisotopic (exact) mass is 233 g/mol. The van der Waals surface area contributed by atoms with Crippen molar-refractivity contribution in [2.45, 2.75) is 38.8 Å². The summed E-state index contributed by atoms with van der Waals surface area (Å²) in [5.41, 5.74) is 2.45. The molecule has 3 rings (SSSR count). The van der Waals surface area contributed by atoms with Crippen LogP contribution in [0.2, 0.25) is 0 Å². The highest BCUT2D eigenvalue weighted by Crippen LogP contribution is 2.42. The second-order valence-corrected chi connectivity index (χ2v) is 4.84. The van der Waals surface area contributed by atoms with E-state index in [1.807, 2.05) is 13.1 Å². The van der Waals surface area contributed by atoms with E-state index in [0.717, 1.165) is 31.9 Å². The third-order valence-corrected chi connectivity index (χ3v) is 3.48. The van der Waals surface area contributed by atoms with E-state index in [1.54, 1.807) is 0 Å². The van der Waals surface area contributed by atoms with Crippen LogP contribution in [0.25, 0.3) is 0 Å². The molecule has 1 fully saturated rings. The highest BCUT2D eigenvalue weighted by molar-refractivity contribution is 5.21. The summed E-state index contributed by atoms with van der Waals surface area (Å²) in [6.45, 7) is 4.70. The highest BCUT2D eigenvalue weighted by Gasteiger charge is 2.35. The van der Waals surface area contributed by atoms with Crippen molar-refractivity contribution in [2.24, 2.45) is 5.92 Å². The summed E-state index contributed by atoms with van der Waals surface area (Å²) in [4.78, 5) is 9.21. The molecule has 1 unspecified atom stereocenters. The lowest BCUT2D eigenvalue weighted by atomic mass is 10.1. The van der Waals surface area contributed by atoms with E-state index in [4.69, 9.17) is 9.72 Å². The molecule has 0 bridgehead atoms. The van der Waals surface area contributed by atoms with E-state index in [-0.39, 0.29) is 6.10 Å². The van der Waals surface area contributed by atoms with Crippen molar-refractivity contribution < 1.29 is 4.74 Å². The predicted octanol–water partition coefficient (Wildman–Crippen LogP) is 1.61. The molecule has 1 atom stereocenters. The quantitative estimate of drug-likeness (QED) is 0.858. The lowest BCUT2D eigenvalue weighted by Crippen LogP contribution is -2.26. The van der Waals surface area contributed by atoms with Gasteiger partial charge in [0.1, 0.15) is 6.10 Å². The van der Waals surface area contributed by atoms with Gasteiger partial charge in [0.25, 0.3) is 0 Å². The Morgan fingerprint density at radius 2 is 2.41 bits per heavy atom. The van der Waals surface area contributed by atoms with Crippen molar-refractivity contribution in [3.8, 4) is 0 Å². The zero-order chi connectivity index (χ0) is 11.7. The van der Waals surface area contributed by atoms with Crippen LogP contribution in [0.5, 0.6) is 0 Å². The van der Waals surface area contributed by atoms with E-state index < -0.39 is 0 Å². The van der Waals surface area contributed by atoms with Gasteiger partial charge in [-0.25, -0.2) is 9.97 Å². The summed E-state index contributed by atoms with van der Waals surface area (Å²) < 4.78 is 5.80. The second-order valence-electron chi connectivity index (χ2n) is 4.84. The number of rotatable bonds is 4. The maximum Gasteiger partial charge on any atom is 0.157 e. The Bertz CT molecular complexity index is 404. The molecule has 1 N–H and O–H groups in total. The number of nitrogens with one attached hydrogen (secondary N) is 1. The molecule has 0 aromatic carbocycles. The molecule has 0 spiro atoms. The first-order chi connectivity index (χ1) is 8.38. The van der Waals surface area contributed by atoms with Crippen LogP contribution < -0.4 is 5.32 Å². The minimum Gasteiger partial charge on any atom is -0.370 e. The molecule has 1 aliphatic heterocycles. The number of ether oxygens (including phenoxy) is 1. The normalized spacial score (nSPS) is 21.0. The van der Waals surface area contributed by atoms with E-state index in [0.29, 0.717) is 5.92 Å². The fourth-order valence-corrected chi connectivity index (χ4v) is 2.39. The Balaban J connectivity index is 1.85. The van der Waals surface area contributed by atoms with E-state index in [2.05, 4.69) is 10.3 Å². The Kier molecular flexibility index (Phi) is 3.07. The van der Waals surface area contributed by atoms with Crippen LogP contribution in [0.15, 0.2) is 6.20 Å². The van der Waals surface area contributed by atoms with Gasteiger partial charge < -0.3 is 10.1 Å². The van der Waals surface area contributed by atoms with Crippen LogP contribution in [-0.4, -0.2) is 23.1 Å². The Hall–Kier alpha value is -1.00. The minimum absolute atomic E-state index is 0.125. The van der Waals surface area contributed by atoms with Crippen LogP contribution in [-0.2, 0) is 17.7 Å². The largest absolute Gasteiger partial charge is 0.370 e. The summed E-state index contributed by atoms with van der Waals surface area (Å²) in [5, 5.41) is 3.34. The summed E-state index contributed by atoms with van der Waals surface area (Å²) in [6, 6.07) is 0. The minimum atomic E-state index is 0.125. The summed E-state index contributed by atoms with van der Waals surface area (Å²) in [6.07, 6.45) is 5.62. The number of hydrogen-bond donors (Lipinski definition) is 1. The van der Waals surface area contributed by atoms with Gasteiger partial charge in [0.2, 0.25) is 0 Å². The lowest BCUT2D eigenvalue weighted by Gasteiger charge is -2.19. The van der Waals surface area contributed by atoms with Gasteiger partial charge in [-0.2, -0.15) is 0 Å².